The van der Waals surface area contributed by atoms with Crippen LogP contribution in [0.15, 0.2) is 36.9 Å². The molecule has 0 aliphatic heterocycles. The molecule has 3 atom stereocenters. The number of imidazole rings is 1. The van der Waals surface area contributed by atoms with Gasteiger partial charge in [0.25, 0.3) is 0 Å². The largest absolute Gasteiger partial charge is 0.394 e. The van der Waals surface area contributed by atoms with E-state index in [1.165, 1.54) is 17.5 Å². The third-order valence-corrected chi connectivity index (χ3v) is 5.39. The van der Waals surface area contributed by atoms with E-state index >= 15 is 0 Å². The van der Waals surface area contributed by atoms with Crippen LogP contribution in [0.4, 0.5) is 5.82 Å². The first-order valence-corrected chi connectivity index (χ1v) is 9.71. The molecule has 0 aliphatic carbocycles. The molecule has 7 heteroatoms. The van der Waals surface area contributed by atoms with E-state index in [9.17, 15) is 10.2 Å². The second kappa shape index (κ2) is 8.67. The molecule has 0 aliphatic rings. The Labute approximate surface area is 165 Å². The number of rotatable bonds is 8. The molecule has 2 heterocycles. The van der Waals surface area contributed by atoms with Gasteiger partial charge in [0.2, 0.25) is 0 Å². The Bertz CT molecular complexity index is 907. The number of likely N-dealkylation sites (N-methyl/N-ethyl adjacent to an activating group) is 1. The van der Waals surface area contributed by atoms with Crippen LogP contribution in [-0.2, 0) is 6.42 Å². The van der Waals surface area contributed by atoms with Gasteiger partial charge in [0.1, 0.15) is 6.33 Å². The molecule has 0 radical (unpaired) electrons. The summed E-state index contributed by atoms with van der Waals surface area (Å²) in [6, 6.07) is 8.38. The van der Waals surface area contributed by atoms with Crippen molar-refractivity contribution in [2.75, 3.05) is 18.6 Å². The SMILES string of the molecule is CCC(Cc1ccc(C)cc1)N(C)c1ncnc2c1ncn2[C@H](CO)[C@@H](C)O. The lowest BCUT2D eigenvalue weighted by molar-refractivity contribution is 0.0885. The van der Waals surface area contributed by atoms with Crippen molar-refractivity contribution in [1.29, 1.82) is 0 Å². The fourth-order valence-corrected chi connectivity index (χ4v) is 3.54. The van der Waals surface area contributed by atoms with Crippen LogP contribution in [0.3, 0.4) is 0 Å². The zero-order chi connectivity index (χ0) is 20.3. The maximum atomic E-state index is 9.97. The van der Waals surface area contributed by atoms with Crippen molar-refractivity contribution in [2.45, 2.75) is 51.8 Å². The fourth-order valence-electron chi connectivity index (χ4n) is 3.54. The second-order valence-corrected chi connectivity index (χ2v) is 7.37. The maximum Gasteiger partial charge on any atom is 0.165 e. The van der Waals surface area contributed by atoms with E-state index in [1.807, 2.05) is 7.05 Å². The quantitative estimate of drug-likeness (QED) is 0.621. The standard InChI is InChI=1S/C21H29N5O2/c1-5-17(10-16-8-6-14(2)7-9-16)25(4)20-19-21(23-12-22-20)26(13-24-19)18(11-27)15(3)28/h6-9,12-13,15,17-18,27-28H,5,10-11H2,1-4H3/t15-,17?,18-/m1/s1. The highest BCUT2D eigenvalue weighted by molar-refractivity contribution is 5.83. The Balaban J connectivity index is 1.93. The number of anilines is 1. The van der Waals surface area contributed by atoms with Crippen molar-refractivity contribution in [3.8, 4) is 0 Å². The van der Waals surface area contributed by atoms with Crippen LogP contribution in [0, 0.1) is 6.92 Å². The summed E-state index contributed by atoms with van der Waals surface area (Å²) < 4.78 is 1.72. The Morgan fingerprint density at radius 1 is 1.14 bits per heavy atom. The summed E-state index contributed by atoms with van der Waals surface area (Å²) in [7, 11) is 2.03. The summed E-state index contributed by atoms with van der Waals surface area (Å²) in [5, 5.41) is 19.6. The minimum Gasteiger partial charge on any atom is -0.394 e. The van der Waals surface area contributed by atoms with Gasteiger partial charge in [0.05, 0.1) is 25.1 Å². The molecule has 0 saturated carbocycles. The number of aryl methyl sites for hydroxylation is 1. The molecule has 0 amide bonds. The van der Waals surface area contributed by atoms with Gasteiger partial charge in [-0.15, -0.1) is 0 Å². The van der Waals surface area contributed by atoms with Gasteiger partial charge in [0.15, 0.2) is 17.0 Å². The first-order chi connectivity index (χ1) is 13.5. The van der Waals surface area contributed by atoms with E-state index in [4.69, 9.17) is 0 Å². The second-order valence-electron chi connectivity index (χ2n) is 7.37. The van der Waals surface area contributed by atoms with E-state index < -0.39 is 12.1 Å². The zero-order valence-electron chi connectivity index (χ0n) is 16.9. The van der Waals surface area contributed by atoms with Gasteiger partial charge < -0.3 is 19.7 Å². The number of benzene rings is 1. The molecule has 3 aromatic rings. The van der Waals surface area contributed by atoms with Crippen LogP contribution in [0.5, 0.6) is 0 Å². The highest BCUT2D eigenvalue weighted by atomic mass is 16.3. The number of hydrogen-bond acceptors (Lipinski definition) is 6. The predicted molar refractivity (Wildman–Crippen MR) is 110 cm³/mol. The highest BCUT2D eigenvalue weighted by Crippen LogP contribution is 2.26. The lowest BCUT2D eigenvalue weighted by Crippen LogP contribution is -2.34. The van der Waals surface area contributed by atoms with Crippen LogP contribution in [0.2, 0.25) is 0 Å². The summed E-state index contributed by atoms with van der Waals surface area (Å²) in [6.07, 6.45) is 4.28. The van der Waals surface area contributed by atoms with Crippen LogP contribution >= 0.6 is 0 Å². The number of nitrogens with zero attached hydrogens (tertiary/aromatic N) is 5. The molecule has 28 heavy (non-hydrogen) atoms. The lowest BCUT2D eigenvalue weighted by atomic mass is 10.0. The average Bonchev–Trinajstić information content (AvgIpc) is 3.11. The molecular weight excluding hydrogens is 354 g/mol. The molecular formula is C21H29N5O2. The van der Waals surface area contributed by atoms with E-state index in [1.54, 1.807) is 17.8 Å². The number of aromatic nitrogens is 4. The number of fused-ring (bicyclic) bond motifs is 1. The van der Waals surface area contributed by atoms with Crippen molar-refractivity contribution in [1.82, 2.24) is 19.5 Å². The van der Waals surface area contributed by atoms with Gasteiger partial charge in [-0.2, -0.15) is 0 Å². The van der Waals surface area contributed by atoms with Crippen LogP contribution in [0.1, 0.15) is 37.4 Å². The molecule has 2 N–H and O–H groups in total. The smallest absolute Gasteiger partial charge is 0.165 e. The minimum atomic E-state index is -0.719. The van der Waals surface area contributed by atoms with E-state index in [0.717, 1.165) is 18.7 Å². The predicted octanol–water partition coefficient (Wildman–Crippen LogP) is 2.51. The van der Waals surface area contributed by atoms with E-state index in [-0.39, 0.29) is 12.6 Å². The molecule has 0 spiro atoms. The minimum absolute atomic E-state index is 0.191. The first kappa shape index (κ1) is 20.2. The molecule has 1 unspecified atom stereocenters. The fraction of sp³-hybridized carbons (Fsp3) is 0.476. The zero-order valence-corrected chi connectivity index (χ0v) is 16.9. The van der Waals surface area contributed by atoms with Crippen LogP contribution in [0.25, 0.3) is 11.2 Å². The molecule has 0 bridgehead atoms. The summed E-state index contributed by atoms with van der Waals surface area (Å²) in [6.45, 7) is 5.72. The molecule has 2 aromatic heterocycles. The number of hydrogen-bond donors (Lipinski definition) is 2. The summed E-state index contributed by atoms with van der Waals surface area (Å²) in [5.41, 5.74) is 3.83. The van der Waals surface area contributed by atoms with Crippen molar-refractivity contribution in [2.24, 2.45) is 0 Å². The average molecular weight is 383 g/mol. The van der Waals surface area contributed by atoms with E-state index in [2.05, 4.69) is 58.0 Å². The van der Waals surface area contributed by atoms with Gasteiger partial charge in [-0.05, 0) is 32.3 Å². The molecule has 3 rings (SSSR count). The van der Waals surface area contributed by atoms with Gasteiger partial charge in [-0.25, -0.2) is 15.0 Å². The third kappa shape index (κ3) is 4.00. The van der Waals surface area contributed by atoms with Gasteiger partial charge >= 0.3 is 0 Å². The lowest BCUT2D eigenvalue weighted by Gasteiger charge is -2.28. The Morgan fingerprint density at radius 2 is 1.86 bits per heavy atom. The van der Waals surface area contributed by atoms with Crippen molar-refractivity contribution in [3.05, 3.63) is 48.0 Å². The normalized spacial score (nSPS) is 14.8. The Hall–Kier alpha value is -2.51. The Morgan fingerprint density at radius 3 is 2.46 bits per heavy atom. The van der Waals surface area contributed by atoms with Gasteiger partial charge in [0, 0.05) is 13.1 Å². The van der Waals surface area contributed by atoms with Crippen LogP contribution in [-0.4, -0.2) is 55.5 Å². The molecule has 0 fully saturated rings. The molecule has 7 nitrogen and oxygen atoms in total. The number of aliphatic hydroxyl groups is 2. The monoisotopic (exact) mass is 383 g/mol. The Kier molecular flexibility index (Phi) is 6.26. The molecule has 0 saturated heterocycles. The third-order valence-electron chi connectivity index (χ3n) is 5.39. The topological polar surface area (TPSA) is 87.3 Å². The first-order valence-electron chi connectivity index (χ1n) is 9.71. The van der Waals surface area contributed by atoms with Crippen molar-refractivity contribution in [3.63, 3.8) is 0 Å². The highest BCUT2D eigenvalue weighted by Gasteiger charge is 2.23. The van der Waals surface area contributed by atoms with E-state index in [0.29, 0.717) is 11.2 Å². The molecule has 1 aromatic carbocycles. The van der Waals surface area contributed by atoms with Gasteiger partial charge in [-0.1, -0.05) is 36.8 Å². The van der Waals surface area contributed by atoms with Crippen molar-refractivity contribution >= 4 is 17.0 Å². The maximum absolute atomic E-state index is 9.97. The van der Waals surface area contributed by atoms with Gasteiger partial charge in [-0.3, -0.25) is 0 Å². The summed E-state index contributed by atoms with van der Waals surface area (Å²) >= 11 is 0. The number of aliphatic hydroxyl groups excluding tert-OH is 2. The summed E-state index contributed by atoms with van der Waals surface area (Å²) in [4.78, 5) is 15.5. The van der Waals surface area contributed by atoms with Crippen molar-refractivity contribution < 1.29 is 10.2 Å². The molecule has 150 valence electrons. The summed E-state index contributed by atoms with van der Waals surface area (Å²) in [5.74, 6) is 0.755. The van der Waals surface area contributed by atoms with Crippen LogP contribution < -0.4 is 4.90 Å².